The van der Waals surface area contributed by atoms with E-state index in [9.17, 15) is 10.1 Å². The molecule has 0 fully saturated rings. The number of hydrogen-bond acceptors (Lipinski definition) is 4. The number of nitrogens with zero attached hydrogens (tertiary/aromatic N) is 3. The quantitative estimate of drug-likeness (QED) is 0.316. The van der Waals surface area contributed by atoms with Crippen molar-refractivity contribution < 1.29 is 9.53 Å². The molecule has 3 aromatic carbocycles. The van der Waals surface area contributed by atoms with E-state index in [1.54, 1.807) is 17.9 Å². The predicted molar refractivity (Wildman–Crippen MR) is 132 cm³/mol. The highest BCUT2D eigenvalue weighted by molar-refractivity contribution is 6.02. The molecule has 4 rings (SSSR count). The molecule has 0 saturated carbocycles. The fraction of sp³-hybridized carbons (Fsp3) is 0.107. The highest BCUT2D eigenvalue weighted by Gasteiger charge is 2.16. The molecule has 0 unspecified atom stereocenters. The number of carbonyl (C=O) groups excluding carboxylic acids is 1. The molecule has 0 spiro atoms. The lowest BCUT2D eigenvalue weighted by Gasteiger charge is -2.07. The second kappa shape index (κ2) is 10.3. The van der Waals surface area contributed by atoms with E-state index in [4.69, 9.17) is 9.84 Å². The van der Waals surface area contributed by atoms with Crippen LogP contribution in [0.4, 0.5) is 0 Å². The average Bonchev–Trinajstić information content (AvgIpc) is 3.30. The Morgan fingerprint density at radius 1 is 1.09 bits per heavy atom. The van der Waals surface area contributed by atoms with E-state index in [1.165, 1.54) is 0 Å². The van der Waals surface area contributed by atoms with E-state index in [0.29, 0.717) is 17.8 Å². The third-order valence-corrected chi connectivity index (χ3v) is 5.41. The molecule has 6 nitrogen and oxygen atoms in total. The van der Waals surface area contributed by atoms with Crippen LogP contribution in [-0.2, 0) is 11.3 Å². The number of aryl methyl sites for hydroxylation is 1. The van der Waals surface area contributed by atoms with E-state index >= 15 is 0 Å². The van der Waals surface area contributed by atoms with Gasteiger partial charge >= 0.3 is 0 Å². The minimum absolute atomic E-state index is 0.0101. The molecule has 0 radical (unpaired) electrons. The number of benzene rings is 3. The first-order valence-electron chi connectivity index (χ1n) is 10.8. The van der Waals surface area contributed by atoms with Crippen molar-refractivity contribution >= 4 is 12.0 Å². The SMILES string of the molecule is COc1ccc(-c2nn(-c3ccccc3)cc2C=C(C#N)C(=O)NCc2ccccc2)c(C)c1. The van der Waals surface area contributed by atoms with Gasteiger partial charge in [0.2, 0.25) is 0 Å². The zero-order valence-corrected chi connectivity index (χ0v) is 19.0. The Morgan fingerprint density at radius 2 is 1.79 bits per heavy atom. The smallest absolute Gasteiger partial charge is 0.262 e. The van der Waals surface area contributed by atoms with Gasteiger partial charge in [0.25, 0.3) is 5.91 Å². The largest absolute Gasteiger partial charge is 0.497 e. The zero-order valence-electron chi connectivity index (χ0n) is 19.0. The van der Waals surface area contributed by atoms with Gasteiger partial charge in [-0.05, 0) is 54.5 Å². The molecular weight excluding hydrogens is 424 g/mol. The number of para-hydroxylation sites is 1. The lowest BCUT2D eigenvalue weighted by molar-refractivity contribution is -0.117. The van der Waals surface area contributed by atoms with Gasteiger partial charge < -0.3 is 10.1 Å². The van der Waals surface area contributed by atoms with E-state index in [-0.39, 0.29) is 5.57 Å². The first kappa shape index (κ1) is 22.6. The molecule has 0 saturated heterocycles. The van der Waals surface area contributed by atoms with Gasteiger partial charge in [-0.3, -0.25) is 4.79 Å². The molecule has 168 valence electrons. The number of hydrogen-bond donors (Lipinski definition) is 1. The van der Waals surface area contributed by atoms with Crippen molar-refractivity contribution in [2.24, 2.45) is 0 Å². The van der Waals surface area contributed by atoms with Crippen molar-refractivity contribution in [2.75, 3.05) is 7.11 Å². The van der Waals surface area contributed by atoms with E-state index in [2.05, 4.69) is 5.32 Å². The van der Waals surface area contributed by atoms with Crippen LogP contribution in [0, 0.1) is 18.3 Å². The van der Waals surface area contributed by atoms with Crippen molar-refractivity contribution in [2.45, 2.75) is 13.5 Å². The molecular formula is C28H24N4O2. The Morgan fingerprint density at radius 3 is 2.44 bits per heavy atom. The molecule has 0 bridgehead atoms. The Kier molecular flexibility index (Phi) is 6.85. The van der Waals surface area contributed by atoms with Crippen LogP contribution < -0.4 is 10.1 Å². The first-order chi connectivity index (χ1) is 16.6. The molecule has 0 aliphatic heterocycles. The van der Waals surface area contributed by atoms with Crippen LogP contribution >= 0.6 is 0 Å². The summed E-state index contributed by atoms with van der Waals surface area (Å²) in [5.74, 6) is 0.315. The second-order valence-electron chi connectivity index (χ2n) is 7.73. The molecule has 1 N–H and O–H groups in total. The number of methoxy groups -OCH3 is 1. The maximum absolute atomic E-state index is 12.8. The third-order valence-electron chi connectivity index (χ3n) is 5.41. The standard InChI is InChI=1S/C28H24N4O2/c1-20-15-25(34-2)13-14-26(20)27-23(19-32(31-27)24-11-7-4-8-12-24)16-22(17-29)28(33)30-18-21-9-5-3-6-10-21/h3-16,19H,18H2,1-2H3,(H,30,33). The Hall–Kier alpha value is -4.63. The summed E-state index contributed by atoms with van der Waals surface area (Å²) in [6, 6.07) is 27.0. The fourth-order valence-corrected chi connectivity index (χ4v) is 3.62. The maximum Gasteiger partial charge on any atom is 0.262 e. The topological polar surface area (TPSA) is 79.9 Å². The van der Waals surface area contributed by atoms with Gasteiger partial charge in [-0.15, -0.1) is 0 Å². The summed E-state index contributed by atoms with van der Waals surface area (Å²) < 4.78 is 7.09. The van der Waals surface area contributed by atoms with Crippen molar-refractivity contribution in [3.63, 3.8) is 0 Å². The molecule has 4 aromatic rings. The molecule has 0 aliphatic rings. The Labute approximate surface area is 198 Å². The van der Waals surface area contributed by atoms with Crippen molar-refractivity contribution in [3.05, 3.63) is 107 Å². The van der Waals surface area contributed by atoms with E-state index in [1.807, 2.05) is 98.1 Å². The van der Waals surface area contributed by atoms with Gasteiger partial charge in [0.05, 0.1) is 12.8 Å². The van der Waals surface area contributed by atoms with Gasteiger partial charge in [-0.25, -0.2) is 4.68 Å². The summed E-state index contributed by atoms with van der Waals surface area (Å²) in [4.78, 5) is 12.8. The van der Waals surface area contributed by atoms with Crippen LogP contribution in [0.5, 0.6) is 5.75 Å². The molecule has 34 heavy (non-hydrogen) atoms. The lowest BCUT2D eigenvalue weighted by atomic mass is 10.0. The van der Waals surface area contributed by atoms with Crippen LogP contribution in [0.1, 0.15) is 16.7 Å². The highest BCUT2D eigenvalue weighted by Crippen LogP contribution is 2.30. The Balaban J connectivity index is 1.73. The van der Waals surface area contributed by atoms with E-state index < -0.39 is 5.91 Å². The Bertz CT molecular complexity index is 1370. The summed E-state index contributed by atoms with van der Waals surface area (Å²) in [6.07, 6.45) is 3.42. The second-order valence-corrected chi connectivity index (χ2v) is 7.73. The first-order valence-corrected chi connectivity index (χ1v) is 10.8. The van der Waals surface area contributed by atoms with Gasteiger partial charge in [0.1, 0.15) is 23.1 Å². The average molecular weight is 449 g/mol. The summed E-state index contributed by atoms with van der Waals surface area (Å²) in [5.41, 5.74) is 5.05. The monoisotopic (exact) mass is 448 g/mol. The van der Waals surface area contributed by atoms with Crippen molar-refractivity contribution in [1.82, 2.24) is 15.1 Å². The normalized spacial score (nSPS) is 11.0. The minimum Gasteiger partial charge on any atom is -0.497 e. The molecule has 1 amide bonds. The summed E-state index contributed by atoms with van der Waals surface area (Å²) >= 11 is 0. The van der Waals surface area contributed by atoms with Crippen LogP contribution in [0.2, 0.25) is 0 Å². The molecule has 0 atom stereocenters. The van der Waals surface area contributed by atoms with Crippen LogP contribution in [0.25, 0.3) is 23.0 Å². The van der Waals surface area contributed by atoms with Crippen molar-refractivity contribution in [3.8, 4) is 28.8 Å². The zero-order chi connectivity index (χ0) is 23.9. The predicted octanol–water partition coefficient (Wildman–Crippen LogP) is 5.08. The van der Waals surface area contributed by atoms with Gasteiger partial charge in [-0.1, -0.05) is 48.5 Å². The van der Waals surface area contributed by atoms with Crippen LogP contribution in [0.3, 0.4) is 0 Å². The fourth-order valence-electron chi connectivity index (χ4n) is 3.62. The number of ether oxygens (including phenoxy) is 1. The van der Waals surface area contributed by atoms with Crippen LogP contribution in [0.15, 0.2) is 90.6 Å². The van der Waals surface area contributed by atoms with Gasteiger partial charge in [0.15, 0.2) is 0 Å². The third kappa shape index (κ3) is 5.05. The molecule has 6 heteroatoms. The number of amides is 1. The molecule has 1 heterocycles. The number of carbonyl (C=O) groups is 1. The number of nitriles is 1. The summed E-state index contributed by atoms with van der Waals surface area (Å²) in [7, 11) is 1.62. The van der Waals surface area contributed by atoms with Crippen molar-refractivity contribution in [1.29, 1.82) is 5.26 Å². The van der Waals surface area contributed by atoms with Gasteiger partial charge in [-0.2, -0.15) is 10.4 Å². The van der Waals surface area contributed by atoms with Gasteiger partial charge in [0, 0.05) is 23.9 Å². The highest BCUT2D eigenvalue weighted by atomic mass is 16.5. The number of nitrogens with one attached hydrogen (secondary N) is 1. The molecule has 1 aromatic heterocycles. The molecule has 0 aliphatic carbocycles. The lowest BCUT2D eigenvalue weighted by Crippen LogP contribution is -2.23. The summed E-state index contributed by atoms with van der Waals surface area (Å²) in [6.45, 7) is 2.32. The summed E-state index contributed by atoms with van der Waals surface area (Å²) in [5, 5.41) is 17.4. The van der Waals surface area contributed by atoms with E-state index in [0.717, 1.165) is 28.1 Å². The number of rotatable bonds is 7. The van der Waals surface area contributed by atoms with Crippen LogP contribution in [-0.4, -0.2) is 22.8 Å². The maximum atomic E-state index is 12.8. The minimum atomic E-state index is -0.434. The number of aromatic nitrogens is 2.